The molecule has 1 aliphatic rings. The third kappa shape index (κ3) is 3.21. The Morgan fingerprint density at radius 1 is 1.44 bits per heavy atom. The largest absolute Gasteiger partial charge is 0.371 e. The van der Waals surface area contributed by atoms with Gasteiger partial charge in [-0.05, 0) is 43.3 Å². The fraction of sp³-hybridized carbons (Fsp3) is 0.600. The molecule has 1 fully saturated rings. The van der Waals surface area contributed by atoms with Crippen molar-refractivity contribution in [2.24, 2.45) is 5.92 Å². The molecule has 1 aromatic carbocycles. The number of rotatable bonds is 4. The molecule has 0 aliphatic carbocycles. The van der Waals surface area contributed by atoms with E-state index in [1.165, 1.54) is 23.5 Å². The van der Waals surface area contributed by atoms with E-state index in [1.807, 2.05) is 11.8 Å². The van der Waals surface area contributed by atoms with Crippen molar-refractivity contribution in [2.75, 3.05) is 30.8 Å². The summed E-state index contributed by atoms with van der Waals surface area (Å²) in [5.41, 5.74) is 1.38. The lowest BCUT2D eigenvalue weighted by Gasteiger charge is -2.38. The number of hydrogen-bond donors (Lipinski definition) is 1. The first-order valence-electron chi connectivity index (χ1n) is 6.87. The molecule has 2 rings (SSSR count). The zero-order chi connectivity index (χ0) is 13.0. The van der Waals surface area contributed by atoms with Gasteiger partial charge in [0.05, 0.1) is 0 Å². The normalized spacial score (nSPS) is 24.3. The third-order valence-electron chi connectivity index (χ3n) is 3.79. The number of thioether (sulfide) groups is 1. The lowest BCUT2D eigenvalue weighted by molar-refractivity contribution is 0.327. The molecule has 2 atom stereocenters. The second kappa shape index (κ2) is 6.48. The predicted molar refractivity (Wildman–Crippen MR) is 81.7 cm³/mol. The number of anilines is 1. The van der Waals surface area contributed by atoms with E-state index in [9.17, 15) is 0 Å². The summed E-state index contributed by atoms with van der Waals surface area (Å²) in [6.07, 6.45) is 3.39. The second-order valence-electron chi connectivity index (χ2n) is 5.08. The average molecular weight is 264 g/mol. The zero-order valence-electron chi connectivity index (χ0n) is 11.6. The molecule has 0 bridgehead atoms. The standard InChI is InChI=1S/C15H24N2S/c1-4-16-15-8-9-17(11-12(15)2)13-6-5-7-14(10-13)18-3/h5-7,10,12,15-16H,4,8-9,11H2,1-3H3. The van der Waals surface area contributed by atoms with Crippen molar-refractivity contribution in [3.05, 3.63) is 24.3 Å². The zero-order valence-corrected chi connectivity index (χ0v) is 12.5. The van der Waals surface area contributed by atoms with E-state index in [4.69, 9.17) is 0 Å². The van der Waals surface area contributed by atoms with Gasteiger partial charge < -0.3 is 10.2 Å². The number of hydrogen-bond acceptors (Lipinski definition) is 3. The number of nitrogens with zero attached hydrogens (tertiary/aromatic N) is 1. The van der Waals surface area contributed by atoms with Crippen molar-refractivity contribution < 1.29 is 0 Å². The minimum atomic E-state index is 0.690. The van der Waals surface area contributed by atoms with Gasteiger partial charge in [0.15, 0.2) is 0 Å². The molecule has 0 saturated carbocycles. The maximum atomic E-state index is 3.60. The topological polar surface area (TPSA) is 15.3 Å². The van der Waals surface area contributed by atoms with Gasteiger partial charge in [-0.1, -0.05) is 19.9 Å². The van der Waals surface area contributed by atoms with E-state index in [0.29, 0.717) is 6.04 Å². The van der Waals surface area contributed by atoms with Gasteiger partial charge in [-0.15, -0.1) is 11.8 Å². The lowest BCUT2D eigenvalue weighted by atomic mass is 9.93. The third-order valence-corrected chi connectivity index (χ3v) is 4.52. The van der Waals surface area contributed by atoms with Gasteiger partial charge in [0.1, 0.15) is 0 Å². The summed E-state index contributed by atoms with van der Waals surface area (Å²) >= 11 is 1.82. The first-order chi connectivity index (χ1) is 8.74. The quantitative estimate of drug-likeness (QED) is 0.841. The highest BCUT2D eigenvalue weighted by Gasteiger charge is 2.25. The van der Waals surface area contributed by atoms with Crippen molar-refractivity contribution in [1.82, 2.24) is 5.32 Å². The summed E-state index contributed by atoms with van der Waals surface area (Å²) in [5, 5.41) is 3.60. The Morgan fingerprint density at radius 2 is 2.28 bits per heavy atom. The molecule has 1 aromatic rings. The number of nitrogens with one attached hydrogen (secondary N) is 1. The highest BCUT2D eigenvalue weighted by Crippen LogP contribution is 2.26. The Morgan fingerprint density at radius 3 is 2.94 bits per heavy atom. The molecule has 1 saturated heterocycles. The van der Waals surface area contributed by atoms with Crippen LogP contribution in [-0.2, 0) is 0 Å². The van der Waals surface area contributed by atoms with E-state index in [1.54, 1.807) is 0 Å². The highest BCUT2D eigenvalue weighted by atomic mass is 32.2. The van der Waals surface area contributed by atoms with Gasteiger partial charge in [-0.2, -0.15) is 0 Å². The predicted octanol–water partition coefficient (Wildman–Crippen LogP) is 3.23. The maximum Gasteiger partial charge on any atom is 0.0377 e. The first-order valence-corrected chi connectivity index (χ1v) is 8.09. The van der Waals surface area contributed by atoms with E-state index < -0.39 is 0 Å². The van der Waals surface area contributed by atoms with Crippen LogP contribution in [0.25, 0.3) is 0 Å². The molecule has 0 aromatic heterocycles. The Bertz CT molecular complexity index is 381. The van der Waals surface area contributed by atoms with Crippen LogP contribution in [0, 0.1) is 5.92 Å². The minimum absolute atomic E-state index is 0.690. The van der Waals surface area contributed by atoms with Gasteiger partial charge >= 0.3 is 0 Å². The molecule has 0 radical (unpaired) electrons. The second-order valence-corrected chi connectivity index (χ2v) is 5.96. The monoisotopic (exact) mass is 264 g/mol. The summed E-state index contributed by atoms with van der Waals surface area (Å²) in [5.74, 6) is 0.719. The highest BCUT2D eigenvalue weighted by molar-refractivity contribution is 7.98. The summed E-state index contributed by atoms with van der Waals surface area (Å²) in [6, 6.07) is 9.59. The van der Waals surface area contributed by atoms with Crippen LogP contribution < -0.4 is 10.2 Å². The van der Waals surface area contributed by atoms with Crippen LogP contribution in [0.5, 0.6) is 0 Å². The van der Waals surface area contributed by atoms with Gasteiger partial charge in [0.25, 0.3) is 0 Å². The van der Waals surface area contributed by atoms with Crippen LogP contribution in [0.4, 0.5) is 5.69 Å². The van der Waals surface area contributed by atoms with Gasteiger partial charge in [0.2, 0.25) is 0 Å². The molecule has 1 heterocycles. The fourth-order valence-electron chi connectivity index (χ4n) is 2.75. The summed E-state index contributed by atoms with van der Waals surface area (Å²) in [4.78, 5) is 3.88. The Kier molecular flexibility index (Phi) is 4.95. The maximum absolute atomic E-state index is 3.60. The van der Waals surface area contributed by atoms with Gasteiger partial charge in [-0.25, -0.2) is 0 Å². The molecule has 2 unspecified atom stereocenters. The van der Waals surface area contributed by atoms with Gasteiger partial charge in [-0.3, -0.25) is 0 Å². The SMILES string of the molecule is CCNC1CCN(c2cccc(SC)c2)CC1C. The molecular formula is C15H24N2S. The fourth-order valence-corrected chi connectivity index (χ4v) is 3.21. The Balaban J connectivity index is 2.02. The van der Waals surface area contributed by atoms with Crippen molar-refractivity contribution >= 4 is 17.4 Å². The molecule has 100 valence electrons. The van der Waals surface area contributed by atoms with Crippen LogP contribution in [0.15, 0.2) is 29.2 Å². The van der Waals surface area contributed by atoms with Crippen LogP contribution in [0.2, 0.25) is 0 Å². The van der Waals surface area contributed by atoms with Gasteiger partial charge in [0, 0.05) is 29.7 Å². The van der Waals surface area contributed by atoms with Crippen LogP contribution >= 0.6 is 11.8 Å². The van der Waals surface area contributed by atoms with Crippen molar-refractivity contribution in [3.63, 3.8) is 0 Å². The summed E-state index contributed by atoms with van der Waals surface area (Å²) < 4.78 is 0. The van der Waals surface area contributed by atoms with E-state index >= 15 is 0 Å². The van der Waals surface area contributed by atoms with Crippen LogP contribution in [0.1, 0.15) is 20.3 Å². The number of piperidine rings is 1. The summed E-state index contributed by atoms with van der Waals surface area (Å²) in [6.45, 7) is 7.96. The molecule has 1 N–H and O–H groups in total. The Labute approximate surface area is 115 Å². The van der Waals surface area contributed by atoms with Crippen molar-refractivity contribution in [1.29, 1.82) is 0 Å². The molecular weight excluding hydrogens is 240 g/mol. The molecule has 0 amide bonds. The minimum Gasteiger partial charge on any atom is -0.371 e. The van der Waals surface area contributed by atoms with Crippen molar-refractivity contribution in [3.8, 4) is 0 Å². The average Bonchev–Trinajstić information content (AvgIpc) is 2.41. The molecule has 0 spiro atoms. The summed E-state index contributed by atoms with van der Waals surface area (Å²) in [7, 11) is 0. The molecule has 18 heavy (non-hydrogen) atoms. The van der Waals surface area contributed by atoms with E-state index in [2.05, 4.69) is 54.6 Å². The molecule has 3 heteroatoms. The number of benzene rings is 1. The van der Waals surface area contributed by atoms with Crippen molar-refractivity contribution in [2.45, 2.75) is 31.2 Å². The smallest absolute Gasteiger partial charge is 0.0377 e. The van der Waals surface area contributed by atoms with E-state index in [-0.39, 0.29) is 0 Å². The van der Waals surface area contributed by atoms with Crippen LogP contribution in [0.3, 0.4) is 0 Å². The van der Waals surface area contributed by atoms with Crippen LogP contribution in [-0.4, -0.2) is 31.9 Å². The first kappa shape index (κ1) is 13.8. The molecule has 2 nitrogen and oxygen atoms in total. The molecule has 1 aliphatic heterocycles. The lowest BCUT2D eigenvalue weighted by Crippen LogP contribution is -2.48. The Hall–Kier alpha value is -0.670. The van der Waals surface area contributed by atoms with E-state index in [0.717, 1.165) is 19.0 Å².